The van der Waals surface area contributed by atoms with Gasteiger partial charge in [0.2, 0.25) is 5.91 Å². The molecule has 0 aromatic carbocycles. The third-order valence-electron chi connectivity index (χ3n) is 2.18. The first-order chi connectivity index (χ1) is 6.74. The highest BCUT2D eigenvalue weighted by Crippen LogP contribution is 2.09. The van der Waals surface area contributed by atoms with E-state index < -0.39 is 0 Å². The van der Waals surface area contributed by atoms with Crippen molar-refractivity contribution < 1.29 is 9.53 Å². The van der Waals surface area contributed by atoms with Gasteiger partial charge in [-0.05, 0) is 13.3 Å². The molecule has 1 fully saturated rings. The second-order valence-corrected chi connectivity index (χ2v) is 4.49. The molecule has 0 saturated carbocycles. The first kappa shape index (κ1) is 15.0. The molecule has 1 aliphatic rings. The first-order valence-electron chi connectivity index (χ1n) is 4.84. The number of hydrogen-bond donors (Lipinski definition) is 2. The predicted molar refractivity (Wildman–Crippen MR) is 65.6 cm³/mol. The summed E-state index contributed by atoms with van der Waals surface area (Å²) in [5.74, 6) is 1.87. The number of thioether (sulfide) groups is 1. The summed E-state index contributed by atoms with van der Waals surface area (Å²) in [6, 6.07) is 0.180. The number of methoxy groups -OCH3 is 1. The Bertz CT molecular complexity index is 189. The molecule has 1 rings (SSSR count). The van der Waals surface area contributed by atoms with Crippen molar-refractivity contribution in [1.82, 2.24) is 10.6 Å². The van der Waals surface area contributed by atoms with Crippen LogP contribution in [0, 0.1) is 0 Å². The molecule has 1 aliphatic heterocycles. The van der Waals surface area contributed by atoms with Crippen LogP contribution in [0.4, 0.5) is 0 Å². The highest BCUT2D eigenvalue weighted by atomic mass is 35.5. The van der Waals surface area contributed by atoms with Crippen molar-refractivity contribution in [2.24, 2.45) is 0 Å². The van der Waals surface area contributed by atoms with Gasteiger partial charge in [0.05, 0.1) is 6.04 Å². The van der Waals surface area contributed by atoms with Gasteiger partial charge in [-0.25, -0.2) is 0 Å². The second-order valence-electron chi connectivity index (χ2n) is 3.46. The normalized spacial score (nSPS) is 21.9. The van der Waals surface area contributed by atoms with Crippen LogP contribution in [-0.2, 0) is 9.53 Å². The van der Waals surface area contributed by atoms with E-state index in [1.165, 1.54) is 0 Å². The third kappa shape index (κ3) is 5.61. The number of rotatable bonds is 5. The zero-order chi connectivity index (χ0) is 10.4. The van der Waals surface area contributed by atoms with Crippen LogP contribution in [-0.4, -0.2) is 43.3 Å². The third-order valence-corrected chi connectivity index (χ3v) is 3.12. The molecule has 0 spiro atoms. The lowest BCUT2D eigenvalue weighted by molar-refractivity contribution is -0.123. The molecule has 0 radical (unpaired) electrons. The Kier molecular flexibility index (Phi) is 8.23. The van der Waals surface area contributed by atoms with Crippen molar-refractivity contribution in [2.75, 3.05) is 25.3 Å². The molecule has 1 amide bonds. The SMILES string of the molecule is COCCC(C)NC(=O)C1CSCN1.Cl. The van der Waals surface area contributed by atoms with Gasteiger partial charge in [0, 0.05) is 31.4 Å². The van der Waals surface area contributed by atoms with Crippen LogP contribution in [0.3, 0.4) is 0 Å². The van der Waals surface area contributed by atoms with Gasteiger partial charge < -0.3 is 10.1 Å². The fourth-order valence-corrected chi connectivity index (χ4v) is 2.22. The minimum Gasteiger partial charge on any atom is -0.385 e. The van der Waals surface area contributed by atoms with Crippen LogP contribution in [0.1, 0.15) is 13.3 Å². The quantitative estimate of drug-likeness (QED) is 0.755. The summed E-state index contributed by atoms with van der Waals surface area (Å²) >= 11 is 1.76. The van der Waals surface area contributed by atoms with E-state index in [1.54, 1.807) is 18.9 Å². The van der Waals surface area contributed by atoms with Gasteiger partial charge >= 0.3 is 0 Å². The summed E-state index contributed by atoms with van der Waals surface area (Å²) in [5.41, 5.74) is 0. The molecule has 1 saturated heterocycles. The summed E-state index contributed by atoms with van der Waals surface area (Å²) in [5, 5.41) is 6.10. The highest BCUT2D eigenvalue weighted by Gasteiger charge is 2.23. The van der Waals surface area contributed by atoms with Gasteiger partial charge in [0.1, 0.15) is 0 Å². The predicted octanol–water partition coefficient (Wildman–Crippen LogP) is 0.612. The van der Waals surface area contributed by atoms with Gasteiger partial charge in [-0.1, -0.05) is 0 Å². The van der Waals surface area contributed by atoms with Crippen LogP contribution in [0.2, 0.25) is 0 Å². The first-order valence-corrected chi connectivity index (χ1v) is 6.00. The van der Waals surface area contributed by atoms with Crippen LogP contribution in [0.5, 0.6) is 0 Å². The van der Waals surface area contributed by atoms with Crippen LogP contribution < -0.4 is 10.6 Å². The smallest absolute Gasteiger partial charge is 0.238 e. The van der Waals surface area contributed by atoms with E-state index in [4.69, 9.17) is 4.74 Å². The number of halogens is 1. The Morgan fingerprint density at radius 1 is 1.73 bits per heavy atom. The maximum absolute atomic E-state index is 11.6. The molecular formula is C9H19ClN2O2S. The lowest BCUT2D eigenvalue weighted by Crippen LogP contribution is -2.45. The average molecular weight is 255 g/mol. The van der Waals surface area contributed by atoms with E-state index in [9.17, 15) is 4.79 Å². The summed E-state index contributed by atoms with van der Waals surface area (Å²) in [6.45, 7) is 2.69. The number of carbonyl (C=O) groups excluding carboxylic acids is 1. The average Bonchev–Trinajstić information content (AvgIpc) is 2.67. The fourth-order valence-electron chi connectivity index (χ4n) is 1.27. The van der Waals surface area contributed by atoms with Crippen LogP contribution in [0.25, 0.3) is 0 Å². The molecule has 0 aromatic heterocycles. The monoisotopic (exact) mass is 254 g/mol. The van der Waals surface area contributed by atoms with Crippen molar-refractivity contribution in [3.05, 3.63) is 0 Å². The van der Waals surface area contributed by atoms with E-state index in [1.807, 2.05) is 6.92 Å². The van der Waals surface area contributed by atoms with Gasteiger partial charge in [0.15, 0.2) is 0 Å². The zero-order valence-corrected chi connectivity index (χ0v) is 10.7. The summed E-state index contributed by atoms with van der Waals surface area (Å²) in [4.78, 5) is 11.6. The van der Waals surface area contributed by atoms with Gasteiger partial charge in [-0.15, -0.1) is 24.2 Å². The molecule has 0 aliphatic carbocycles. The zero-order valence-electron chi connectivity index (χ0n) is 9.12. The fraction of sp³-hybridized carbons (Fsp3) is 0.889. The second kappa shape index (κ2) is 8.21. The molecule has 2 N–H and O–H groups in total. The molecule has 4 nitrogen and oxygen atoms in total. The van der Waals surface area contributed by atoms with Crippen LogP contribution >= 0.6 is 24.2 Å². The maximum atomic E-state index is 11.6. The lowest BCUT2D eigenvalue weighted by Gasteiger charge is -2.16. The van der Waals surface area contributed by atoms with Gasteiger partial charge in [0.25, 0.3) is 0 Å². The number of carbonyl (C=O) groups is 1. The standard InChI is InChI=1S/C9H18N2O2S.ClH/c1-7(3-4-13-2)11-9(12)8-5-14-6-10-8;/h7-8,10H,3-6H2,1-2H3,(H,11,12);1H. The number of amides is 1. The largest absolute Gasteiger partial charge is 0.385 e. The Hall–Kier alpha value is 0.0300. The molecule has 0 aromatic rings. The van der Waals surface area contributed by atoms with Gasteiger partial charge in [-0.2, -0.15) is 0 Å². The number of nitrogens with one attached hydrogen (secondary N) is 2. The molecule has 2 atom stereocenters. The van der Waals surface area contributed by atoms with Crippen molar-refractivity contribution >= 4 is 30.1 Å². The lowest BCUT2D eigenvalue weighted by atomic mass is 10.2. The van der Waals surface area contributed by atoms with Crippen molar-refractivity contribution in [3.63, 3.8) is 0 Å². The summed E-state index contributed by atoms with van der Waals surface area (Å²) in [7, 11) is 1.67. The Morgan fingerprint density at radius 2 is 2.47 bits per heavy atom. The molecule has 0 bridgehead atoms. The minimum absolute atomic E-state index is 0. The molecule has 15 heavy (non-hydrogen) atoms. The topological polar surface area (TPSA) is 50.4 Å². The summed E-state index contributed by atoms with van der Waals surface area (Å²) < 4.78 is 4.95. The van der Waals surface area contributed by atoms with E-state index in [-0.39, 0.29) is 30.4 Å². The summed E-state index contributed by atoms with van der Waals surface area (Å²) in [6.07, 6.45) is 0.863. The van der Waals surface area contributed by atoms with Gasteiger partial charge in [-0.3, -0.25) is 10.1 Å². The molecule has 1 heterocycles. The van der Waals surface area contributed by atoms with E-state index >= 15 is 0 Å². The molecule has 90 valence electrons. The molecule has 6 heteroatoms. The number of ether oxygens (including phenoxy) is 1. The number of hydrogen-bond acceptors (Lipinski definition) is 4. The van der Waals surface area contributed by atoms with E-state index in [0.29, 0.717) is 6.61 Å². The van der Waals surface area contributed by atoms with Crippen molar-refractivity contribution in [2.45, 2.75) is 25.4 Å². The van der Waals surface area contributed by atoms with Crippen molar-refractivity contribution in [3.8, 4) is 0 Å². The Labute approximate surface area is 101 Å². The minimum atomic E-state index is -0.00926. The molecular weight excluding hydrogens is 236 g/mol. The van der Waals surface area contributed by atoms with E-state index in [0.717, 1.165) is 18.1 Å². The van der Waals surface area contributed by atoms with Crippen LogP contribution in [0.15, 0.2) is 0 Å². The highest BCUT2D eigenvalue weighted by molar-refractivity contribution is 7.99. The molecule has 2 unspecified atom stereocenters. The Balaban J connectivity index is 0.00000196. The van der Waals surface area contributed by atoms with Crippen molar-refractivity contribution in [1.29, 1.82) is 0 Å². The maximum Gasteiger partial charge on any atom is 0.238 e. The Morgan fingerprint density at radius 3 is 3.00 bits per heavy atom. The van der Waals surface area contributed by atoms with E-state index in [2.05, 4.69) is 10.6 Å².